The maximum absolute atomic E-state index is 13.3. The quantitative estimate of drug-likeness (QED) is 0.154. The van der Waals surface area contributed by atoms with Gasteiger partial charge >= 0.3 is 17.9 Å². The number of anilines is 2. The van der Waals surface area contributed by atoms with Gasteiger partial charge in [0.25, 0.3) is 5.91 Å². The van der Waals surface area contributed by atoms with Crippen molar-refractivity contribution in [3.63, 3.8) is 0 Å². The zero-order valence-corrected chi connectivity index (χ0v) is 21.9. The van der Waals surface area contributed by atoms with Crippen molar-refractivity contribution in [1.82, 2.24) is 0 Å². The first-order valence-electron chi connectivity index (χ1n) is 12.0. The normalized spacial score (nSPS) is 11.2. The van der Waals surface area contributed by atoms with Crippen LogP contribution in [0.4, 0.5) is 11.4 Å². The van der Waals surface area contributed by atoms with E-state index in [1.54, 1.807) is 48.5 Å². The maximum Gasteiger partial charge on any atom is 0.336 e. The molecule has 0 heterocycles. The van der Waals surface area contributed by atoms with Gasteiger partial charge in [0.05, 0.1) is 22.3 Å². The molecule has 1 atom stereocenters. The molecule has 41 heavy (non-hydrogen) atoms. The molecule has 0 aliphatic carbocycles. The maximum atomic E-state index is 13.3. The molecule has 0 aliphatic rings. The molecule has 4 rings (SSSR count). The van der Waals surface area contributed by atoms with Crippen molar-refractivity contribution in [2.24, 2.45) is 0 Å². The summed E-state index contributed by atoms with van der Waals surface area (Å²) in [6.45, 7) is 0. The van der Waals surface area contributed by atoms with Crippen molar-refractivity contribution >= 4 is 52.9 Å². The summed E-state index contributed by atoms with van der Waals surface area (Å²) in [7, 11) is 0. The smallest absolute Gasteiger partial charge is 0.336 e. The van der Waals surface area contributed by atoms with Gasteiger partial charge in [0, 0.05) is 16.3 Å². The number of carboxylic acid groups (broad SMARTS) is 3. The van der Waals surface area contributed by atoms with Crippen LogP contribution in [0.25, 0.3) is 0 Å². The van der Waals surface area contributed by atoms with E-state index >= 15 is 0 Å². The average Bonchev–Trinajstić information content (AvgIpc) is 2.96. The van der Waals surface area contributed by atoms with Crippen LogP contribution in [0.5, 0.6) is 0 Å². The number of carbonyl (C=O) groups is 5. The van der Waals surface area contributed by atoms with E-state index in [2.05, 4.69) is 10.6 Å². The Hall–Kier alpha value is -5.42. The Morgan fingerprint density at radius 2 is 1.24 bits per heavy atom. The minimum atomic E-state index is -1.45. The van der Waals surface area contributed by atoms with E-state index in [-0.39, 0.29) is 22.6 Å². The predicted molar refractivity (Wildman–Crippen MR) is 152 cm³/mol. The molecule has 4 aromatic rings. The lowest BCUT2D eigenvalue weighted by Crippen LogP contribution is -2.19. The van der Waals surface area contributed by atoms with Crippen LogP contribution in [-0.4, -0.2) is 45.0 Å². The topological polar surface area (TPSA) is 170 Å². The molecule has 0 saturated heterocycles. The predicted octanol–water partition coefficient (Wildman–Crippen LogP) is 5.51. The highest BCUT2D eigenvalue weighted by atomic mass is 32.2. The van der Waals surface area contributed by atoms with Gasteiger partial charge in [-0.3, -0.25) is 9.59 Å². The SMILES string of the molecule is O=C(O)c1ccc(NC(=O)C(Sc2cccc(NC(=O)c3ccc(C(=O)O)cc3C(=O)O)c2)c2ccccc2)cc1. The molecule has 206 valence electrons. The van der Waals surface area contributed by atoms with Gasteiger partial charge in [-0.15, -0.1) is 11.8 Å². The van der Waals surface area contributed by atoms with Gasteiger partial charge in [-0.2, -0.15) is 0 Å². The number of nitrogens with one attached hydrogen (secondary N) is 2. The molecule has 10 nitrogen and oxygen atoms in total. The van der Waals surface area contributed by atoms with Gasteiger partial charge in [0.15, 0.2) is 0 Å². The van der Waals surface area contributed by atoms with E-state index in [1.807, 2.05) is 6.07 Å². The monoisotopic (exact) mass is 570 g/mol. The van der Waals surface area contributed by atoms with E-state index in [4.69, 9.17) is 10.2 Å². The number of rotatable bonds is 10. The number of carboxylic acids is 3. The zero-order valence-electron chi connectivity index (χ0n) is 21.1. The van der Waals surface area contributed by atoms with Crippen LogP contribution in [0.3, 0.4) is 0 Å². The van der Waals surface area contributed by atoms with Crippen LogP contribution in [0.1, 0.15) is 52.2 Å². The summed E-state index contributed by atoms with van der Waals surface area (Å²) < 4.78 is 0. The molecule has 2 amide bonds. The first kappa shape index (κ1) is 28.6. The van der Waals surface area contributed by atoms with E-state index in [0.29, 0.717) is 21.8 Å². The van der Waals surface area contributed by atoms with Crippen molar-refractivity contribution in [2.45, 2.75) is 10.1 Å². The summed E-state index contributed by atoms with van der Waals surface area (Å²) in [6.07, 6.45) is 0. The second kappa shape index (κ2) is 12.6. The molecular weight excluding hydrogens is 548 g/mol. The number of carbonyl (C=O) groups excluding carboxylic acids is 2. The van der Waals surface area contributed by atoms with E-state index in [0.717, 1.165) is 18.2 Å². The second-order valence-electron chi connectivity index (χ2n) is 8.63. The standard InChI is InChI=1S/C30H22N2O8S/c33-26(23-14-11-19(29(37)38)15-24(23)30(39)40)32-21-7-4-8-22(16-21)41-25(17-5-2-1-3-6-17)27(34)31-20-12-9-18(10-13-20)28(35)36/h1-16,25H,(H,31,34)(H,32,33)(H,35,36)(H,37,38)(H,39,40). The Morgan fingerprint density at radius 1 is 0.585 bits per heavy atom. The Bertz CT molecular complexity index is 1640. The van der Waals surface area contributed by atoms with Crippen molar-refractivity contribution in [3.8, 4) is 0 Å². The van der Waals surface area contributed by atoms with Crippen molar-refractivity contribution in [3.05, 3.63) is 125 Å². The summed E-state index contributed by atoms with van der Waals surface area (Å²) in [5.41, 5.74) is 0.614. The first-order chi connectivity index (χ1) is 19.6. The molecule has 5 N–H and O–H groups in total. The van der Waals surface area contributed by atoms with Gasteiger partial charge in [-0.05, 0) is 66.2 Å². The highest BCUT2D eigenvalue weighted by Gasteiger charge is 2.23. The lowest BCUT2D eigenvalue weighted by molar-refractivity contribution is -0.115. The highest BCUT2D eigenvalue weighted by molar-refractivity contribution is 8.00. The second-order valence-corrected chi connectivity index (χ2v) is 9.81. The fourth-order valence-electron chi connectivity index (χ4n) is 3.84. The van der Waals surface area contributed by atoms with Crippen molar-refractivity contribution in [2.75, 3.05) is 10.6 Å². The third-order valence-electron chi connectivity index (χ3n) is 5.83. The molecule has 11 heteroatoms. The molecule has 0 saturated carbocycles. The first-order valence-corrected chi connectivity index (χ1v) is 12.9. The fourth-order valence-corrected chi connectivity index (χ4v) is 4.92. The Kier molecular flexibility index (Phi) is 8.80. The van der Waals surface area contributed by atoms with Crippen molar-refractivity contribution in [1.29, 1.82) is 0 Å². The Morgan fingerprint density at radius 3 is 1.88 bits per heavy atom. The molecule has 0 aliphatic heterocycles. The summed E-state index contributed by atoms with van der Waals surface area (Å²) in [4.78, 5) is 60.9. The van der Waals surface area contributed by atoms with E-state index in [1.165, 1.54) is 36.0 Å². The van der Waals surface area contributed by atoms with E-state index < -0.39 is 34.6 Å². The minimum absolute atomic E-state index is 0.0872. The van der Waals surface area contributed by atoms with Crippen LogP contribution >= 0.6 is 11.8 Å². The lowest BCUT2D eigenvalue weighted by atomic mass is 10.0. The molecule has 4 aromatic carbocycles. The fraction of sp³-hybridized carbons (Fsp3) is 0.0333. The molecule has 0 bridgehead atoms. The number of benzene rings is 4. The zero-order chi connectivity index (χ0) is 29.5. The summed E-state index contributed by atoms with van der Waals surface area (Å²) >= 11 is 1.21. The minimum Gasteiger partial charge on any atom is -0.478 e. The van der Waals surface area contributed by atoms with Gasteiger partial charge < -0.3 is 26.0 Å². The third-order valence-corrected chi connectivity index (χ3v) is 7.08. The van der Waals surface area contributed by atoms with Gasteiger partial charge in [0.1, 0.15) is 5.25 Å². The molecule has 0 fully saturated rings. The number of hydrogen-bond donors (Lipinski definition) is 5. The number of thioether (sulfide) groups is 1. The van der Waals surface area contributed by atoms with Crippen LogP contribution in [0.2, 0.25) is 0 Å². The third kappa shape index (κ3) is 7.16. The lowest BCUT2D eigenvalue weighted by Gasteiger charge is -2.18. The number of hydrogen-bond acceptors (Lipinski definition) is 6. The van der Waals surface area contributed by atoms with Gasteiger partial charge in [-0.25, -0.2) is 14.4 Å². The molecular formula is C30H22N2O8S. The van der Waals surface area contributed by atoms with E-state index in [9.17, 15) is 29.1 Å². The Labute approximate surface area is 237 Å². The summed E-state index contributed by atoms with van der Waals surface area (Å²) in [6, 6.07) is 24.6. The average molecular weight is 571 g/mol. The van der Waals surface area contributed by atoms with Crippen LogP contribution in [0, 0.1) is 0 Å². The van der Waals surface area contributed by atoms with Gasteiger partial charge in [-0.1, -0.05) is 36.4 Å². The Balaban J connectivity index is 1.56. The summed E-state index contributed by atoms with van der Waals surface area (Å²) in [5, 5.41) is 32.5. The van der Waals surface area contributed by atoms with Crippen LogP contribution in [0.15, 0.2) is 102 Å². The summed E-state index contributed by atoms with van der Waals surface area (Å²) in [5.74, 6) is -4.95. The van der Waals surface area contributed by atoms with Crippen LogP contribution in [-0.2, 0) is 4.79 Å². The molecule has 0 radical (unpaired) electrons. The molecule has 0 spiro atoms. The highest BCUT2D eigenvalue weighted by Crippen LogP contribution is 2.37. The number of amides is 2. The van der Waals surface area contributed by atoms with Gasteiger partial charge in [0.2, 0.25) is 5.91 Å². The number of aromatic carboxylic acids is 3. The molecule has 0 aromatic heterocycles. The van der Waals surface area contributed by atoms with Crippen LogP contribution < -0.4 is 10.6 Å². The largest absolute Gasteiger partial charge is 0.478 e. The van der Waals surface area contributed by atoms with Crippen molar-refractivity contribution < 1.29 is 39.3 Å². The molecule has 1 unspecified atom stereocenters.